The molecule has 0 bridgehead atoms. The van der Waals surface area contributed by atoms with Crippen molar-refractivity contribution in [3.05, 3.63) is 59.2 Å². The molecule has 0 aliphatic carbocycles. The first-order valence-electron chi connectivity index (χ1n) is 7.64. The van der Waals surface area contributed by atoms with E-state index in [1.807, 2.05) is 30.3 Å². The molecular weight excluding hydrogens is 355 g/mol. The fourth-order valence-electron chi connectivity index (χ4n) is 3.07. The number of phenols is 1. The third-order valence-electron chi connectivity index (χ3n) is 4.31. The Morgan fingerprint density at radius 1 is 1.12 bits per heavy atom. The van der Waals surface area contributed by atoms with Crippen molar-refractivity contribution in [1.29, 1.82) is 0 Å². The lowest BCUT2D eigenvalue weighted by Gasteiger charge is -2.20. The van der Waals surface area contributed by atoms with E-state index >= 15 is 0 Å². The predicted octanol–water partition coefficient (Wildman–Crippen LogP) is 2.96. The Kier molecular flexibility index (Phi) is 4.51. The van der Waals surface area contributed by atoms with Gasteiger partial charge in [-0.25, -0.2) is 8.42 Å². The molecule has 0 fully saturated rings. The summed E-state index contributed by atoms with van der Waals surface area (Å²) < 4.78 is 61.9. The van der Waals surface area contributed by atoms with Gasteiger partial charge in [-0.3, -0.25) is 0 Å². The summed E-state index contributed by atoms with van der Waals surface area (Å²) in [5, 5.41) is 13.2. The lowest BCUT2D eigenvalue weighted by Crippen LogP contribution is -2.23. The minimum atomic E-state index is -5.61. The highest BCUT2D eigenvalue weighted by Gasteiger charge is 2.48. The summed E-state index contributed by atoms with van der Waals surface area (Å²) in [5.41, 5.74) is -3.40. The second kappa shape index (κ2) is 6.34. The lowest BCUT2D eigenvalue weighted by molar-refractivity contribution is -0.0437. The quantitative estimate of drug-likeness (QED) is 0.852. The number of nitrogens with one attached hydrogen (secondary N) is 1. The van der Waals surface area contributed by atoms with Crippen molar-refractivity contribution < 1.29 is 26.7 Å². The first-order chi connectivity index (χ1) is 11.7. The molecule has 1 unspecified atom stereocenters. The number of hydrogen-bond acceptors (Lipinski definition) is 4. The molecule has 2 aromatic carbocycles. The van der Waals surface area contributed by atoms with Crippen LogP contribution in [0.1, 0.15) is 22.6 Å². The van der Waals surface area contributed by atoms with E-state index < -0.39 is 26.0 Å². The highest BCUT2D eigenvalue weighted by Crippen LogP contribution is 2.39. The second-order valence-electron chi connectivity index (χ2n) is 5.89. The molecule has 8 heteroatoms. The highest BCUT2D eigenvalue weighted by atomic mass is 32.2. The van der Waals surface area contributed by atoms with Crippen LogP contribution in [0.4, 0.5) is 13.2 Å². The van der Waals surface area contributed by atoms with Crippen molar-refractivity contribution in [3.63, 3.8) is 0 Å². The van der Waals surface area contributed by atoms with Gasteiger partial charge in [-0.05, 0) is 41.8 Å². The first-order valence-corrected chi connectivity index (χ1v) is 9.13. The molecule has 0 amide bonds. The van der Waals surface area contributed by atoms with Crippen LogP contribution in [0, 0.1) is 0 Å². The van der Waals surface area contributed by atoms with Crippen LogP contribution < -0.4 is 5.32 Å². The van der Waals surface area contributed by atoms with E-state index in [1.54, 1.807) is 0 Å². The van der Waals surface area contributed by atoms with Crippen molar-refractivity contribution in [2.75, 3.05) is 13.1 Å². The van der Waals surface area contributed by atoms with Gasteiger partial charge in [-0.15, -0.1) is 0 Å². The minimum Gasteiger partial charge on any atom is -0.507 e. The molecule has 0 aromatic heterocycles. The zero-order valence-electron chi connectivity index (χ0n) is 13.0. The van der Waals surface area contributed by atoms with Gasteiger partial charge in [-0.1, -0.05) is 30.3 Å². The molecule has 0 radical (unpaired) electrons. The van der Waals surface area contributed by atoms with E-state index in [9.17, 15) is 26.7 Å². The molecule has 3 rings (SSSR count). The number of fused-ring (bicyclic) bond motifs is 1. The molecule has 0 saturated carbocycles. The third-order valence-corrected chi connectivity index (χ3v) is 5.83. The van der Waals surface area contributed by atoms with Crippen molar-refractivity contribution in [1.82, 2.24) is 5.32 Å². The van der Waals surface area contributed by atoms with Gasteiger partial charge in [0.25, 0.3) is 9.84 Å². The number of rotatable bonds is 2. The Labute approximate surface area is 143 Å². The van der Waals surface area contributed by atoms with Gasteiger partial charge < -0.3 is 10.4 Å². The Balaban J connectivity index is 2.16. The molecule has 1 aliphatic rings. The molecule has 4 nitrogen and oxygen atoms in total. The van der Waals surface area contributed by atoms with Gasteiger partial charge in [0.2, 0.25) is 0 Å². The zero-order chi connectivity index (χ0) is 18.2. The molecule has 1 atom stereocenters. The summed E-state index contributed by atoms with van der Waals surface area (Å²) in [5.74, 6) is -1.06. The maximum Gasteiger partial charge on any atom is 0.502 e. The van der Waals surface area contributed by atoms with Crippen molar-refractivity contribution in [2.24, 2.45) is 0 Å². The third kappa shape index (κ3) is 3.23. The van der Waals surface area contributed by atoms with Crippen molar-refractivity contribution in [3.8, 4) is 5.75 Å². The van der Waals surface area contributed by atoms with Gasteiger partial charge in [0, 0.05) is 12.5 Å². The molecule has 134 valence electrons. The average molecular weight is 371 g/mol. The predicted molar refractivity (Wildman–Crippen MR) is 86.2 cm³/mol. The highest BCUT2D eigenvalue weighted by molar-refractivity contribution is 7.92. The number of aromatic hydroxyl groups is 1. The summed E-state index contributed by atoms with van der Waals surface area (Å²) in [4.78, 5) is -1.09. The van der Waals surface area contributed by atoms with E-state index in [2.05, 4.69) is 5.32 Å². The zero-order valence-corrected chi connectivity index (χ0v) is 13.9. The summed E-state index contributed by atoms with van der Waals surface area (Å²) in [6.45, 7) is 1.05. The second-order valence-corrected chi connectivity index (χ2v) is 7.79. The first kappa shape index (κ1) is 17.8. The van der Waals surface area contributed by atoms with Crippen LogP contribution in [-0.4, -0.2) is 32.1 Å². The number of phenolic OH excluding ortho intramolecular Hbond substituents is 1. The number of benzene rings is 2. The van der Waals surface area contributed by atoms with Crippen LogP contribution in [0.3, 0.4) is 0 Å². The normalized spacial score (nSPS) is 18.4. The lowest BCUT2D eigenvalue weighted by atomic mass is 9.88. The Hall–Kier alpha value is -2.06. The van der Waals surface area contributed by atoms with Gasteiger partial charge >= 0.3 is 5.51 Å². The Bertz CT molecular complexity index is 880. The van der Waals surface area contributed by atoms with Gasteiger partial charge in [0.1, 0.15) is 10.6 Å². The van der Waals surface area contributed by atoms with Crippen molar-refractivity contribution >= 4 is 9.84 Å². The summed E-state index contributed by atoms with van der Waals surface area (Å²) in [7, 11) is -5.61. The number of hydrogen-bond donors (Lipinski definition) is 2. The minimum absolute atomic E-state index is 0.188. The van der Waals surface area contributed by atoms with E-state index in [0.29, 0.717) is 30.6 Å². The largest absolute Gasteiger partial charge is 0.507 e. The summed E-state index contributed by atoms with van der Waals surface area (Å²) in [6.07, 6.45) is 0.374. The van der Waals surface area contributed by atoms with E-state index in [1.165, 1.54) is 0 Å². The molecule has 0 saturated heterocycles. The standard InChI is InChI=1S/C17H16F3NO3S/c18-17(19,20)25(23,24)16-8-12-6-7-21-10-14(13(12)9-15(16)22)11-4-2-1-3-5-11/h1-5,8-9,14,21-22H,6-7,10H2. The number of alkyl halides is 3. The molecular formula is C17H16F3NO3S. The summed E-state index contributed by atoms with van der Waals surface area (Å²) in [6, 6.07) is 11.4. The molecule has 1 aliphatic heterocycles. The van der Waals surface area contributed by atoms with Crippen molar-refractivity contribution in [2.45, 2.75) is 22.7 Å². The molecule has 2 aromatic rings. The Morgan fingerprint density at radius 3 is 2.44 bits per heavy atom. The fraction of sp³-hybridized carbons (Fsp3) is 0.294. The maximum absolute atomic E-state index is 12.8. The van der Waals surface area contributed by atoms with Crippen LogP contribution in [0.15, 0.2) is 47.4 Å². The Morgan fingerprint density at radius 2 is 1.80 bits per heavy atom. The molecule has 25 heavy (non-hydrogen) atoms. The number of sulfone groups is 1. The van der Waals surface area contributed by atoms with Gasteiger partial charge in [0.15, 0.2) is 0 Å². The summed E-state index contributed by atoms with van der Waals surface area (Å²) >= 11 is 0. The molecule has 1 heterocycles. The maximum atomic E-state index is 12.8. The fourth-order valence-corrected chi connectivity index (χ4v) is 3.95. The molecule has 0 spiro atoms. The number of halogens is 3. The van der Waals surface area contributed by atoms with Crippen LogP contribution >= 0.6 is 0 Å². The van der Waals surface area contributed by atoms with E-state index in [0.717, 1.165) is 17.7 Å². The van der Waals surface area contributed by atoms with Gasteiger partial charge in [0.05, 0.1) is 0 Å². The van der Waals surface area contributed by atoms with E-state index in [4.69, 9.17) is 0 Å². The topological polar surface area (TPSA) is 66.4 Å². The average Bonchev–Trinajstić information content (AvgIpc) is 2.75. The molecule has 2 N–H and O–H groups in total. The van der Waals surface area contributed by atoms with E-state index in [-0.39, 0.29) is 5.92 Å². The van der Waals surface area contributed by atoms with Crippen LogP contribution in [0.25, 0.3) is 0 Å². The SMILES string of the molecule is O=S(=O)(c1cc2c(cc1O)C(c1ccccc1)CNCC2)C(F)(F)F. The van der Waals surface area contributed by atoms with Crippen LogP contribution in [0.5, 0.6) is 5.75 Å². The van der Waals surface area contributed by atoms with Crippen LogP contribution in [0.2, 0.25) is 0 Å². The van der Waals surface area contributed by atoms with Crippen LogP contribution in [-0.2, 0) is 16.3 Å². The van der Waals surface area contributed by atoms with Gasteiger partial charge in [-0.2, -0.15) is 13.2 Å². The monoisotopic (exact) mass is 371 g/mol. The smallest absolute Gasteiger partial charge is 0.502 e.